The van der Waals surface area contributed by atoms with E-state index in [9.17, 15) is 4.79 Å². The second kappa shape index (κ2) is 9.77. The molecule has 0 saturated carbocycles. The third-order valence-electron chi connectivity index (χ3n) is 4.01. The molecule has 5 nitrogen and oxygen atoms in total. The number of nitrogens with zero attached hydrogens (tertiary/aromatic N) is 1. The van der Waals surface area contributed by atoms with Gasteiger partial charge in [-0.25, -0.2) is 0 Å². The minimum Gasteiger partial charge on any atom is -0.382 e. The highest BCUT2D eigenvalue weighted by molar-refractivity contribution is 5.90. The van der Waals surface area contributed by atoms with Crippen LogP contribution in [0, 0.1) is 0 Å². The molecule has 1 aliphatic rings. The highest BCUT2D eigenvalue weighted by atomic mass is 16.5. The van der Waals surface area contributed by atoms with Crippen LogP contribution in [0.25, 0.3) is 0 Å². The second-order valence-electron chi connectivity index (χ2n) is 6.50. The molecule has 5 heteroatoms. The summed E-state index contributed by atoms with van der Waals surface area (Å²) in [5.74, 6) is 0.0421. The van der Waals surface area contributed by atoms with Gasteiger partial charge in [0.25, 0.3) is 0 Å². The average molecular weight is 334 g/mol. The number of carbonyl (C=O) groups excluding carboxylic acids is 1. The Labute approximate surface area is 145 Å². The fourth-order valence-electron chi connectivity index (χ4n) is 3.12. The van der Waals surface area contributed by atoms with E-state index in [4.69, 9.17) is 9.47 Å². The van der Waals surface area contributed by atoms with Gasteiger partial charge < -0.3 is 14.8 Å². The van der Waals surface area contributed by atoms with Gasteiger partial charge in [-0.05, 0) is 44.9 Å². The lowest BCUT2D eigenvalue weighted by atomic mass is 10.1. The predicted molar refractivity (Wildman–Crippen MR) is 96.1 cm³/mol. The summed E-state index contributed by atoms with van der Waals surface area (Å²) in [6, 6.07) is 8.10. The monoisotopic (exact) mass is 334 g/mol. The molecule has 0 bridgehead atoms. The summed E-state index contributed by atoms with van der Waals surface area (Å²) in [7, 11) is 0. The number of benzene rings is 1. The van der Waals surface area contributed by atoms with Gasteiger partial charge in [0.15, 0.2) is 0 Å². The van der Waals surface area contributed by atoms with Crippen LogP contribution in [0.5, 0.6) is 0 Å². The molecule has 1 heterocycles. The summed E-state index contributed by atoms with van der Waals surface area (Å²) in [5.41, 5.74) is 2.08. The number of nitrogens with one attached hydrogen (secondary N) is 1. The van der Waals surface area contributed by atoms with E-state index in [1.54, 1.807) is 0 Å². The molecule has 0 aromatic heterocycles. The fourth-order valence-corrected chi connectivity index (χ4v) is 3.12. The summed E-state index contributed by atoms with van der Waals surface area (Å²) in [5, 5.41) is 2.98. The van der Waals surface area contributed by atoms with Gasteiger partial charge in [-0.3, -0.25) is 9.69 Å². The fraction of sp³-hybridized carbons (Fsp3) is 0.632. The van der Waals surface area contributed by atoms with Crippen molar-refractivity contribution in [3.8, 4) is 0 Å². The van der Waals surface area contributed by atoms with Crippen LogP contribution in [0.4, 0.5) is 5.69 Å². The molecule has 24 heavy (non-hydrogen) atoms. The van der Waals surface area contributed by atoms with E-state index in [1.807, 2.05) is 19.1 Å². The molecule has 0 spiro atoms. The van der Waals surface area contributed by atoms with Crippen LogP contribution in [-0.4, -0.2) is 49.3 Å². The predicted octanol–water partition coefficient (Wildman–Crippen LogP) is 3.05. The zero-order valence-corrected chi connectivity index (χ0v) is 15.1. The van der Waals surface area contributed by atoms with Crippen LogP contribution in [0.15, 0.2) is 24.3 Å². The first kappa shape index (κ1) is 18.9. The Morgan fingerprint density at radius 1 is 1.33 bits per heavy atom. The van der Waals surface area contributed by atoms with Gasteiger partial charge in [0.1, 0.15) is 0 Å². The largest absolute Gasteiger partial charge is 0.382 e. The lowest BCUT2D eigenvalue weighted by molar-refractivity contribution is -0.116. The summed E-state index contributed by atoms with van der Waals surface area (Å²) < 4.78 is 11.0. The van der Waals surface area contributed by atoms with Gasteiger partial charge in [0, 0.05) is 45.0 Å². The maximum Gasteiger partial charge on any atom is 0.224 e. The molecule has 1 N–H and O–H groups in total. The van der Waals surface area contributed by atoms with E-state index < -0.39 is 0 Å². The molecule has 1 fully saturated rings. The van der Waals surface area contributed by atoms with Gasteiger partial charge in [0.05, 0.1) is 12.2 Å². The first-order valence-corrected chi connectivity index (χ1v) is 8.91. The summed E-state index contributed by atoms with van der Waals surface area (Å²) in [6.45, 7) is 10.3. The van der Waals surface area contributed by atoms with E-state index in [0.717, 1.165) is 31.7 Å². The maximum atomic E-state index is 12.0. The third kappa shape index (κ3) is 6.59. The molecule has 1 aromatic rings. The number of ether oxygens (including phenoxy) is 2. The van der Waals surface area contributed by atoms with Crippen LogP contribution in [-0.2, 0) is 20.8 Å². The molecule has 134 valence electrons. The normalized spacial score (nSPS) is 21.6. The van der Waals surface area contributed by atoms with Gasteiger partial charge in [0.2, 0.25) is 5.91 Å². The van der Waals surface area contributed by atoms with Crippen LogP contribution >= 0.6 is 0 Å². The maximum absolute atomic E-state index is 12.0. The first-order chi connectivity index (χ1) is 11.6. The molecule has 1 saturated heterocycles. The van der Waals surface area contributed by atoms with Gasteiger partial charge in [-0.15, -0.1) is 0 Å². The Bertz CT molecular complexity index is 511. The molecule has 1 amide bonds. The van der Waals surface area contributed by atoms with Gasteiger partial charge in [-0.2, -0.15) is 0 Å². The van der Waals surface area contributed by atoms with Crippen molar-refractivity contribution >= 4 is 11.6 Å². The molecule has 0 radical (unpaired) electrons. The van der Waals surface area contributed by atoms with Gasteiger partial charge >= 0.3 is 0 Å². The standard InChI is InChI=1S/C19H30N2O3/c1-4-23-10-6-9-19(22)20-18-8-5-7-17(11-18)14-21-12-15(2)24-16(3)13-21/h5,7-8,11,15-16H,4,6,9-10,12-14H2,1-3H3,(H,20,22). The van der Waals surface area contributed by atoms with Crippen molar-refractivity contribution < 1.29 is 14.3 Å². The molecule has 0 aliphatic carbocycles. The van der Waals surface area contributed by atoms with E-state index in [1.165, 1.54) is 5.56 Å². The van der Waals surface area contributed by atoms with Crippen LogP contribution in [0.3, 0.4) is 0 Å². The van der Waals surface area contributed by atoms with Crippen molar-refractivity contribution in [1.29, 1.82) is 0 Å². The SMILES string of the molecule is CCOCCCC(=O)Nc1cccc(CN2CC(C)OC(C)C2)c1. The molecule has 2 unspecified atom stereocenters. The third-order valence-corrected chi connectivity index (χ3v) is 4.01. The molecule has 2 rings (SSSR count). The summed E-state index contributed by atoms with van der Waals surface area (Å²) in [6.07, 6.45) is 1.77. The van der Waals surface area contributed by atoms with Gasteiger partial charge in [-0.1, -0.05) is 12.1 Å². The smallest absolute Gasteiger partial charge is 0.224 e. The van der Waals surface area contributed by atoms with E-state index >= 15 is 0 Å². The van der Waals surface area contributed by atoms with E-state index in [-0.39, 0.29) is 18.1 Å². The number of hydrogen-bond acceptors (Lipinski definition) is 4. The number of morpholine rings is 1. The van der Waals surface area contributed by atoms with Crippen molar-refractivity contribution in [1.82, 2.24) is 4.90 Å². The van der Waals surface area contributed by atoms with Crippen LogP contribution < -0.4 is 5.32 Å². The Hall–Kier alpha value is -1.43. The second-order valence-corrected chi connectivity index (χ2v) is 6.50. The topological polar surface area (TPSA) is 50.8 Å². The number of anilines is 1. The Kier molecular flexibility index (Phi) is 7.69. The number of rotatable bonds is 8. The van der Waals surface area contributed by atoms with Crippen molar-refractivity contribution in [2.75, 3.05) is 31.6 Å². The van der Waals surface area contributed by atoms with Crippen LogP contribution in [0.1, 0.15) is 39.2 Å². The zero-order valence-electron chi connectivity index (χ0n) is 15.1. The van der Waals surface area contributed by atoms with Crippen molar-refractivity contribution in [3.05, 3.63) is 29.8 Å². The minimum absolute atomic E-state index is 0.0421. The quantitative estimate of drug-likeness (QED) is 0.743. The minimum atomic E-state index is 0.0421. The first-order valence-electron chi connectivity index (χ1n) is 8.91. The van der Waals surface area contributed by atoms with Crippen LogP contribution in [0.2, 0.25) is 0 Å². The van der Waals surface area contributed by atoms with Crippen molar-refractivity contribution in [3.63, 3.8) is 0 Å². The number of hydrogen-bond donors (Lipinski definition) is 1. The summed E-state index contributed by atoms with van der Waals surface area (Å²) >= 11 is 0. The number of carbonyl (C=O) groups is 1. The van der Waals surface area contributed by atoms with E-state index in [0.29, 0.717) is 19.6 Å². The lowest BCUT2D eigenvalue weighted by Gasteiger charge is -2.35. The molecule has 2 atom stereocenters. The summed E-state index contributed by atoms with van der Waals surface area (Å²) in [4.78, 5) is 14.4. The zero-order chi connectivity index (χ0) is 17.4. The lowest BCUT2D eigenvalue weighted by Crippen LogP contribution is -2.44. The van der Waals surface area contributed by atoms with Crippen molar-refractivity contribution in [2.24, 2.45) is 0 Å². The highest BCUT2D eigenvalue weighted by Gasteiger charge is 2.22. The highest BCUT2D eigenvalue weighted by Crippen LogP contribution is 2.17. The molecular weight excluding hydrogens is 304 g/mol. The molecule has 1 aromatic carbocycles. The van der Waals surface area contributed by atoms with E-state index in [2.05, 4.69) is 36.2 Å². The number of amides is 1. The molecule has 1 aliphatic heterocycles. The average Bonchev–Trinajstić information content (AvgIpc) is 2.51. The molecular formula is C19H30N2O3. The van der Waals surface area contributed by atoms with Crippen molar-refractivity contribution in [2.45, 2.75) is 52.4 Å². The Balaban J connectivity index is 1.83. The Morgan fingerprint density at radius 2 is 2.08 bits per heavy atom. The Morgan fingerprint density at radius 3 is 2.79 bits per heavy atom.